The third-order valence-electron chi connectivity index (χ3n) is 3.95. The molecule has 2 rings (SSSR count). The Balaban J connectivity index is 2.57. The van der Waals surface area contributed by atoms with E-state index in [1.54, 1.807) is 32.9 Å². The Morgan fingerprint density at radius 3 is 2.23 bits per heavy atom. The fourth-order valence-electron chi connectivity index (χ4n) is 2.48. The molecule has 0 saturated carbocycles. The minimum Gasteiger partial charge on any atom is -0.298 e. The lowest BCUT2D eigenvalue weighted by Gasteiger charge is -2.25. The van der Waals surface area contributed by atoms with Crippen LogP contribution in [0.4, 0.5) is 13.2 Å². The molecule has 0 N–H and O–H groups in total. The SMILES string of the molecule is CC(C)(C)[S@](=O)C[C@@H](c1ccc(C=O)cc1)c1ncccc1C(F)(F)F. The van der Waals surface area contributed by atoms with Crippen molar-refractivity contribution in [3.63, 3.8) is 0 Å². The topological polar surface area (TPSA) is 47.0 Å². The molecule has 0 fully saturated rings. The van der Waals surface area contributed by atoms with E-state index in [1.165, 1.54) is 24.4 Å². The van der Waals surface area contributed by atoms with Crippen molar-refractivity contribution in [1.29, 1.82) is 0 Å². The lowest BCUT2D eigenvalue weighted by Crippen LogP contribution is -2.28. The molecule has 0 spiro atoms. The molecule has 0 amide bonds. The van der Waals surface area contributed by atoms with Crippen LogP contribution < -0.4 is 0 Å². The van der Waals surface area contributed by atoms with Crippen LogP contribution in [-0.2, 0) is 17.0 Å². The number of hydrogen-bond donors (Lipinski definition) is 0. The number of aldehydes is 1. The van der Waals surface area contributed by atoms with Crippen molar-refractivity contribution in [2.45, 2.75) is 37.6 Å². The monoisotopic (exact) mass is 383 g/mol. The van der Waals surface area contributed by atoms with Crippen molar-refractivity contribution in [3.05, 3.63) is 65.0 Å². The standard InChI is InChI=1S/C19H20F3NO2S/c1-18(2,3)26(25)12-15(14-8-6-13(11-24)7-9-14)17-16(19(20,21)22)5-4-10-23-17/h4-11,15H,12H2,1-3H3/t15-,26+/m0/s1. The van der Waals surface area contributed by atoms with Gasteiger partial charge in [0, 0.05) is 39.0 Å². The van der Waals surface area contributed by atoms with E-state index in [2.05, 4.69) is 4.98 Å². The van der Waals surface area contributed by atoms with Gasteiger partial charge in [-0.1, -0.05) is 24.3 Å². The Labute approximate surface area is 153 Å². The molecule has 0 aliphatic heterocycles. The van der Waals surface area contributed by atoms with Gasteiger partial charge in [0.15, 0.2) is 0 Å². The van der Waals surface area contributed by atoms with Crippen molar-refractivity contribution >= 4 is 17.1 Å². The van der Waals surface area contributed by atoms with Gasteiger partial charge in [0.05, 0.1) is 11.3 Å². The summed E-state index contributed by atoms with van der Waals surface area (Å²) in [6.45, 7) is 5.33. The summed E-state index contributed by atoms with van der Waals surface area (Å²) in [6.07, 6.45) is -2.60. The average molecular weight is 383 g/mol. The van der Waals surface area contributed by atoms with E-state index in [9.17, 15) is 22.2 Å². The molecule has 1 aromatic carbocycles. The molecule has 140 valence electrons. The molecule has 2 aromatic rings. The van der Waals surface area contributed by atoms with Gasteiger partial charge in [-0.05, 0) is 38.5 Å². The van der Waals surface area contributed by atoms with Crippen LogP contribution in [-0.4, -0.2) is 26.0 Å². The van der Waals surface area contributed by atoms with Gasteiger partial charge < -0.3 is 0 Å². The lowest BCUT2D eigenvalue weighted by molar-refractivity contribution is -0.138. The maximum absolute atomic E-state index is 13.5. The van der Waals surface area contributed by atoms with Gasteiger partial charge in [0.25, 0.3) is 0 Å². The third-order valence-corrected chi connectivity index (χ3v) is 5.95. The molecule has 3 nitrogen and oxygen atoms in total. The highest BCUT2D eigenvalue weighted by atomic mass is 32.2. The van der Waals surface area contributed by atoms with Crippen molar-refractivity contribution in [2.24, 2.45) is 0 Å². The molecule has 0 aliphatic rings. The van der Waals surface area contributed by atoms with Crippen LogP contribution in [0, 0.1) is 0 Å². The lowest BCUT2D eigenvalue weighted by atomic mass is 9.93. The van der Waals surface area contributed by atoms with E-state index >= 15 is 0 Å². The van der Waals surface area contributed by atoms with Gasteiger partial charge in [-0.25, -0.2) is 0 Å². The second-order valence-corrected chi connectivity index (χ2v) is 9.14. The second kappa shape index (κ2) is 7.70. The van der Waals surface area contributed by atoms with Crippen LogP contribution in [0.1, 0.15) is 53.9 Å². The predicted molar refractivity (Wildman–Crippen MR) is 95.7 cm³/mol. The maximum atomic E-state index is 13.5. The zero-order chi connectivity index (χ0) is 19.5. The zero-order valence-electron chi connectivity index (χ0n) is 14.7. The van der Waals surface area contributed by atoms with Gasteiger partial charge in [0.1, 0.15) is 6.29 Å². The van der Waals surface area contributed by atoms with E-state index in [1.807, 2.05) is 0 Å². The molecule has 2 atom stereocenters. The number of halogens is 3. The van der Waals surface area contributed by atoms with Gasteiger partial charge in [-0.2, -0.15) is 13.2 Å². The highest BCUT2D eigenvalue weighted by Gasteiger charge is 2.37. The number of aromatic nitrogens is 1. The summed E-state index contributed by atoms with van der Waals surface area (Å²) in [5.41, 5.74) is -0.0364. The zero-order valence-corrected chi connectivity index (χ0v) is 15.5. The highest BCUT2D eigenvalue weighted by molar-refractivity contribution is 7.86. The average Bonchev–Trinajstić information content (AvgIpc) is 2.58. The Bertz CT molecular complexity index is 796. The fraction of sp³-hybridized carbons (Fsp3) is 0.368. The van der Waals surface area contributed by atoms with E-state index in [4.69, 9.17) is 0 Å². The van der Waals surface area contributed by atoms with Crippen LogP contribution in [0.3, 0.4) is 0 Å². The minimum atomic E-state index is -4.56. The number of rotatable bonds is 5. The van der Waals surface area contributed by atoms with Crippen LogP contribution in [0.5, 0.6) is 0 Å². The number of hydrogen-bond acceptors (Lipinski definition) is 3. The molecular weight excluding hydrogens is 363 g/mol. The van der Waals surface area contributed by atoms with Crippen LogP contribution >= 0.6 is 0 Å². The number of carbonyl (C=O) groups excluding carboxylic acids is 1. The summed E-state index contributed by atoms with van der Waals surface area (Å²) in [7, 11) is -1.39. The van der Waals surface area contributed by atoms with Crippen molar-refractivity contribution in [3.8, 4) is 0 Å². The largest absolute Gasteiger partial charge is 0.418 e. The quantitative estimate of drug-likeness (QED) is 0.710. The van der Waals surface area contributed by atoms with E-state index in [-0.39, 0.29) is 11.4 Å². The number of carbonyl (C=O) groups is 1. The molecule has 1 heterocycles. The van der Waals surface area contributed by atoms with Crippen molar-refractivity contribution in [1.82, 2.24) is 4.98 Å². The normalized spacial score (nSPS) is 14.7. The predicted octanol–water partition coefficient (Wildman–Crippen LogP) is 4.59. The first-order valence-corrected chi connectivity index (χ1v) is 9.31. The van der Waals surface area contributed by atoms with E-state index in [0.29, 0.717) is 17.4 Å². The molecular formula is C19H20F3NO2S. The van der Waals surface area contributed by atoms with Crippen molar-refractivity contribution < 1.29 is 22.2 Å². The van der Waals surface area contributed by atoms with Gasteiger partial charge >= 0.3 is 6.18 Å². The van der Waals surface area contributed by atoms with E-state index < -0.39 is 33.2 Å². The first-order valence-electron chi connectivity index (χ1n) is 7.99. The Kier molecular flexibility index (Phi) is 6.01. The Morgan fingerprint density at radius 2 is 1.73 bits per heavy atom. The number of nitrogens with zero attached hydrogens (tertiary/aromatic N) is 1. The van der Waals surface area contributed by atoms with Gasteiger partial charge in [-0.3, -0.25) is 14.0 Å². The number of pyridine rings is 1. The van der Waals surface area contributed by atoms with Crippen LogP contribution in [0.15, 0.2) is 42.6 Å². The van der Waals surface area contributed by atoms with Gasteiger partial charge in [-0.15, -0.1) is 0 Å². The molecule has 0 saturated heterocycles. The maximum Gasteiger partial charge on any atom is 0.418 e. The Hall–Kier alpha value is -2.02. The van der Waals surface area contributed by atoms with Gasteiger partial charge in [0.2, 0.25) is 0 Å². The van der Waals surface area contributed by atoms with E-state index in [0.717, 1.165) is 6.07 Å². The molecule has 0 bridgehead atoms. The highest BCUT2D eigenvalue weighted by Crippen LogP contribution is 2.37. The summed E-state index contributed by atoms with van der Waals surface area (Å²) in [5, 5.41) is 0. The summed E-state index contributed by atoms with van der Waals surface area (Å²) in [4.78, 5) is 14.8. The first kappa shape index (κ1) is 20.3. The molecule has 1 aromatic heterocycles. The molecule has 26 heavy (non-hydrogen) atoms. The summed E-state index contributed by atoms with van der Waals surface area (Å²) in [6, 6.07) is 8.46. The minimum absolute atomic E-state index is 0.00400. The fourth-order valence-corrected chi connectivity index (χ4v) is 3.63. The van der Waals surface area contributed by atoms with Crippen LogP contribution in [0.25, 0.3) is 0 Å². The van der Waals surface area contributed by atoms with Crippen molar-refractivity contribution in [2.75, 3.05) is 5.75 Å². The molecule has 0 radical (unpaired) electrons. The van der Waals surface area contributed by atoms with Crippen LogP contribution in [0.2, 0.25) is 0 Å². The third kappa shape index (κ3) is 4.78. The summed E-state index contributed by atoms with van der Waals surface area (Å²) in [5.74, 6) is -0.794. The number of benzene rings is 1. The molecule has 0 unspecified atom stereocenters. The molecule has 0 aliphatic carbocycles. The Morgan fingerprint density at radius 1 is 1.12 bits per heavy atom. The summed E-state index contributed by atoms with van der Waals surface area (Å²) >= 11 is 0. The second-order valence-electron chi connectivity index (χ2n) is 6.90. The smallest absolute Gasteiger partial charge is 0.298 e. The number of alkyl halides is 3. The summed E-state index contributed by atoms with van der Waals surface area (Å²) < 4.78 is 52.4. The first-order chi connectivity index (χ1) is 12.0. The molecule has 7 heteroatoms.